The fourth-order valence-corrected chi connectivity index (χ4v) is 2.44. The first-order chi connectivity index (χ1) is 10.0. The fraction of sp³-hybridized carbons (Fsp3) is 0. The van der Waals surface area contributed by atoms with Gasteiger partial charge in [-0.1, -0.05) is 11.8 Å². The van der Waals surface area contributed by atoms with Gasteiger partial charge in [-0.25, -0.2) is 9.78 Å². The number of pyridine rings is 1. The number of nitrogens with zero attached hydrogens (tertiary/aromatic N) is 3. The predicted molar refractivity (Wildman–Crippen MR) is 73.1 cm³/mol. The normalized spacial score (nSPS) is 9.86. The van der Waals surface area contributed by atoms with Crippen LogP contribution < -0.4 is 0 Å². The van der Waals surface area contributed by atoms with E-state index in [-0.39, 0.29) is 16.9 Å². The molecular formula is C13H7N3O4S. The Kier molecular flexibility index (Phi) is 4.15. The molecule has 1 N–H and O–H groups in total. The maximum Gasteiger partial charge on any atom is 0.354 e. The largest absolute Gasteiger partial charge is 0.477 e. The second kappa shape index (κ2) is 6.02. The van der Waals surface area contributed by atoms with Crippen molar-refractivity contribution in [1.29, 1.82) is 5.26 Å². The van der Waals surface area contributed by atoms with Crippen molar-refractivity contribution < 1.29 is 14.8 Å². The van der Waals surface area contributed by atoms with E-state index >= 15 is 0 Å². The number of nitro groups is 1. The number of hydrogen-bond acceptors (Lipinski definition) is 6. The van der Waals surface area contributed by atoms with E-state index in [1.807, 2.05) is 0 Å². The highest BCUT2D eigenvalue weighted by atomic mass is 32.2. The Hall–Kier alpha value is -2.92. The second-order valence-corrected chi connectivity index (χ2v) is 4.98. The average Bonchev–Trinajstić information content (AvgIpc) is 2.47. The molecule has 0 amide bonds. The van der Waals surface area contributed by atoms with E-state index in [4.69, 9.17) is 10.4 Å². The first-order valence-electron chi connectivity index (χ1n) is 5.57. The first-order valence-corrected chi connectivity index (χ1v) is 6.38. The van der Waals surface area contributed by atoms with E-state index in [1.165, 1.54) is 42.2 Å². The van der Waals surface area contributed by atoms with Gasteiger partial charge in [0.25, 0.3) is 5.69 Å². The molecule has 8 heteroatoms. The highest BCUT2D eigenvalue weighted by Crippen LogP contribution is 2.31. The molecule has 21 heavy (non-hydrogen) atoms. The Morgan fingerprint density at radius 1 is 1.33 bits per heavy atom. The third kappa shape index (κ3) is 3.34. The number of aromatic nitrogens is 1. The topological polar surface area (TPSA) is 117 Å². The van der Waals surface area contributed by atoms with Crippen LogP contribution in [0.25, 0.3) is 0 Å². The van der Waals surface area contributed by atoms with E-state index < -0.39 is 10.9 Å². The van der Waals surface area contributed by atoms with E-state index in [0.29, 0.717) is 9.79 Å². The molecule has 2 aromatic rings. The van der Waals surface area contributed by atoms with Gasteiger partial charge in [0.05, 0.1) is 4.92 Å². The minimum atomic E-state index is -1.14. The van der Waals surface area contributed by atoms with Crippen molar-refractivity contribution in [2.45, 2.75) is 9.79 Å². The van der Waals surface area contributed by atoms with E-state index in [1.54, 1.807) is 12.1 Å². The van der Waals surface area contributed by atoms with Crippen LogP contribution in [0.1, 0.15) is 16.1 Å². The zero-order chi connectivity index (χ0) is 15.4. The second-order valence-electron chi connectivity index (χ2n) is 3.83. The molecule has 0 saturated heterocycles. The summed E-state index contributed by atoms with van der Waals surface area (Å²) in [5, 5.41) is 28.5. The lowest BCUT2D eigenvalue weighted by Gasteiger charge is -2.03. The van der Waals surface area contributed by atoms with Gasteiger partial charge in [0.2, 0.25) is 0 Å². The zero-order valence-corrected chi connectivity index (χ0v) is 11.2. The SMILES string of the molecule is N#Cc1cc(Sc2ccnc(C(=O)O)c2)ccc1[N+](=O)[O-]. The van der Waals surface area contributed by atoms with Crippen molar-refractivity contribution >= 4 is 23.4 Å². The number of rotatable bonds is 4. The predicted octanol–water partition coefficient (Wildman–Crippen LogP) is 2.71. The summed E-state index contributed by atoms with van der Waals surface area (Å²) in [5.41, 5.74) is -0.400. The van der Waals surface area contributed by atoms with Crippen LogP contribution in [0.3, 0.4) is 0 Å². The molecule has 0 aliphatic heterocycles. The van der Waals surface area contributed by atoms with E-state index in [9.17, 15) is 14.9 Å². The number of carbonyl (C=O) groups is 1. The van der Waals surface area contributed by atoms with Gasteiger partial charge < -0.3 is 5.11 Å². The summed E-state index contributed by atoms with van der Waals surface area (Å²) in [6.07, 6.45) is 1.36. The highest BCUT2D eigenvalue weighted by Gasteiger charge is 2.14. The molecule has 0 aliphatic rings. The lowest BCUT2D eigenvalue weighted by atomic mass is 10.2. The fourth-order valence-electron chi connectivity index (χ4n) is 1.56. The van der Waals surface area contributed by atoms with Gasteiger partial charge >= 0.3 is 5.97 Å². The molecule has 104 valence electrons. The van der Waals surface area contributed by atoms with Crippen molar-refractivity contribution in [2.75, 3.05) is 0 Å². The molecule has 7 nitrogen and oxygen atoms in total. The summed E-state index contributed by atoms with van der Waals surface area (Å²) in [6, 6.07) is 8.92. The summed E-state index contributed by atoms with van der Waals surface area (Å²) in [6.45, 7) is 0. The van der Waals surface area contributed by atoms with Gasteiger partial charge in [0, 0.05) is 22.1 Å². The van der Waals surface area contributed by atoms with Gasteiger partial charge in [0.15, 0.2) is 0 Å². The van der Waals surface area contributed by atoms with Crippen LogP contribution in [-0.2, 0) is 0 Å². The quantitative estimate of drug-likeness (QED) is 0.681. The molecule has 1 aromatic heterocycles. The zero-order valence-electron chi connectivity index (χ0n) is 10.4. The van der Waals surface area contributed by atoms with Crippen molar-refractivity contribution in [1.82, 2.24) is 4.98 Å². The van der Waals surface area contributed by atoms with Gasteiger partial charge in [-0.15, -0.1) is 0 Å². The summed E-state index contributed by atoms with van der Waals surface area (Å²) in [7, 11) is 0. The van der Waals surface area contributed by atoms with Crippen LogP contribution in [-0.4, -0.2) is 21.0 Å². The third-order valence-electron chi connectivity index (χ3n) is 2.47. The molecule has 2 rings (SSSR count). The maximum absolute atomic E-state index is 10.8. The molecule has 1 heterocycles. The third-order valence-corrected chi connectivity index (χ3v) is 3.45. The molecule has 0 fully saturated rings. The van der Waals surface area contributed by atoms with Crippen LogP contribution in [0.2, 0.25) is 0 Å². The number of nitro benzene ring substituents is 1. The Morgan fingerprint density at radius 2 is 2.05 bits per heavy atom. The van der Waals surface area contributed by atoms with Gasteiger partial charge in [0.1, 0.15) is 17.3 Å². The lowest BCUT2D eigenvalue weighted by molar-refractivity contribution is -0.385. The highest BCUT2D eigenvalue weighted by molar-refractivity contribution is 7.99. The number of carboxylic acids is 1. The van der Waals surface area contributed by atoms with Crippen LogP contribution in [0.15, 0.2) is 46.3 Å². The lowest BCUT2D eigenvalue weighted by Crippen LogP contribution is -1.99. The van der Waals surface area contributed by atoms with Crippen LogP contribution >= 0.6 is 11.8 Å². The Balaban J connectivity index is 2.32. The molecule has 0 unspecified atom stereocenters. The molecule has 0 atom stereocenters. The minimum absolute atomic E-state index is 0.0440. The number of benzene rings is 1. The standard InChI is InChI=1S/C13H7N3O4S/c14-7-8-5-9(1-2-12(8)16(19)20)21-10-3-4-15-11(6-10)13(17)18/h1-6H,(H,17,18). The van der Waals surface area contributed by atoms with E-state index in [0.717, 1.165) is 0 Å². The maximum atomic E-state index is 10.8. The molecular weight excluding hydrogens is 294 g/mol. The van der Waals surface area contributed by atoms with Gasteiger partial charge in [-0.05, 0) is 24.3 Å². The molecule has 0 spiro atoms. The van der Waals surface area contributed by atoms with Gasteiger partial charge in [-0.2, -0.15) is 5.26 Å². The smallest absolute Gasteiger partial charge is 0.354 e. The summed E-state index contributed by atoms with van der Waals surface area (Å²) >= 11 is 1.19. The minimum Gasteiger partial charge on any atom is -0.477 e. The number of aromatic carboxylic acids is 1. The molecule has 0 aliphatic carbocycles. The van der Waals surface area contributed by atoms with Crippen molar-refractivity contribution in [3.05, 3.63) is 57.9 Å². The van der Waals surface area contributed by atoms with Crippen LogP contribution in [0.5, 0.6) is 0 Å². The molecule has 0 bridgehead atoms. The number of hydrogen-bond donors (Lipinski definition) is 1. The number of carboxylic acid groups (broad SMARTS) is 1. The van der Waals surface area contributed by atoms with Crippen LogP contribution in [0.4, 0.5) is 5.69 Å². The Morgan fingerprint density at radius 3 is 2.67 bits per heavy atom. The van der Waals surface area contributed by atoms with Crippen molar-refractivity contribution in [2.24, 2.45) is 0 Å². The van der Waals surface area contributed by atoms with Crippen LogP contribution in [0, 0.1) is 21.4 Å². The molecule has 1 aromatic carbocycles. The van der Waals surface area contributed by atoms with Crippen molar-refractivity contribution in [3.8, 4) is 6.07 Å². The summed E-state index contributed by atoms with van der Waals surface area (Å²) in [4.78, 5) is 25.9. The van der Waals surface area contributed by atoms with E-state index in [2.05, 4.69) is 4.98 Å². The Bertz CT molecular complexity index is 770. The Labute approximate surface area is 123 Å². The molecule has 0 saturated carbocycles. The van der Waals surface area contributed by atoms with Crippen molar-refractivity contribution in [3.63, 3.8) is 0 Å². The average molecular weight is 301 g/mol. The molecule has 0 radical (unpaired) electrons. The monoisotopic (exact) mass is 301 g/mol. The summed E-state index contributed by atoms with van der Waals surface area (Å²) in [5.74, 6) is -1.14. The summed E-state index contributed by atoms with van der Waals surface area (Å²) < 4.78 is 0. The number of nitriles is 1. The van der Waals surface area contributed by atoms with Gasteiger partial charge in [-0.3, -0.25) is 10.1 Å². The first kappa shape index (κ1) is 14.5.